The first kappa shape index (κ1) is 14.5. The van der Waals surface area contributed by atoms with Crippen molar-refractivity contribution in [3.8, 4) is 0 Å². The van der Waals surface area contributed by atoms with Gasteiger partial charge in [-0.15, -0.1) is 11.3 Å². The summed E-state index contributed by atoms with van der Waals surface area (Å²) in [6.07, 6.45) is 1.23. The Morgan fingerprint density at radius 2 is 2.15 bits per heavy atom. The van der Waals surface area contributed by atoms with Gasteiger partial charge in [-0.3, -0.25) is 14.8 Å². The number of nitrogens with zero attached hydrogens (tertiary/aromatic N) is 2. The van der Waals surface area contributed by atoms with Gasteiger partial charge in [0.25, 0.3) is 15.7 Å². The molecular weight excluding hydrogens is 328 g/mol. The van der Waals surface area contributed by atoms with Gasteiger partial charge in [0.2, 0.25) is 0 Å². The molecule has 0 saturated carbocycles. The quantitative estimate of drug-likeness (QED) is 0.650. The summed E-state index contributed by atoms with van der Waals surface area (Å²) >= 11 is 6.23. The predicted octanol–water partition coefficient (Wildman–Crippen LogP) is 2.09. The Labute approximate surface area is 122 Å². The molecule has 2 heterocycles. The van der Waals surface area contributed by atoms with Gasteiger partial charge in [-0.2, -0.15) is 0 Å². The fourth-order valence-corrected chi connectivity index (χ4v) is 3.97. The number of anilines is 2. The average molecular weight is 335 g/mol. The summed E-state index contributed by atoms with van der Waals surface area (Å²) in [5, 5.41) is 10.6. The van der Waals surface area contributed by atoms with Crippen LogP contribution < -0.4 is 10.5 Å². The molecule has 3 N–H and O–H groups in total. The minimum Gasteiger partial charge on any atom is -0.384 e. The Hall–Kier alpha value is -1.91. The van der Waals surface area contributed by atoms with Crippen molar-refractivity contribution in [1.29, 1.82) is 0 Å². The van der Waals surface area contributed by atoms with Crippen LogP contribution in [-0.2, 0) is 10.0 Å². The third kappa shape index (κ3) is 2.98. The second kappa shape index (κ2) is 5.23. The molecule has 0 aromatic carbocycles. The number of nitro groups is 1. The smallest absolute Gasteiger partial charge is 0.300 e. The lowest BCUT2D eigenvalue weighted by Crippen LogP contribution is -2.11. The Morgan fingerprint density at radius 3 is 2.65 bits per heavy atom. The zero-order valence-electron chi connectivity index (χ0n) is 9.61. The molecule has 0 unspecified atom stereocenters. The molecule has 0 aliphatic rings. The van der Waals surface area contributed by atoms with Gasteiger partial charge in [-0.05, 0) is 12.1 Å². The molecule has 2 aromatic heterocycles. The van der Waals surface area contributed by atoms with Crippen molar-refractivity contribution in [3.63, 3.8) is 0 Å². The van der Waals surface area contributed by atoms with Crippen molar-refractivity contribution < 1.29 is 13.3 Å². The summed E-state index contributed by atoms with van der Waals surface area (Å²) < 4.78 is 25.8. The number of hydrogen-bond acceptors (Lipinski definition) is 7. The third-order valence-corrected chi connectivity index (χ3v) is 5.34. The maximum Gasteiger partial charge on any atom is 0.300 e. The Morgan fingerprint density at radius 1 is 1.45 bits per heavy atom. The van der Waals surface area contributed by atoms with E-state index in [1.807, 2.05) is 0 Å². The normalized spacial score (nSPS) is 11.2. The topological polar surface area (TPSA) is 128 Å². The minimum atomic E-state index is -3.96. The third-order valence-electron chi connectivity index (χ3n) is 2.15. The van der Waals surface area contributed by atoms with Gasteiger partial charge in [-0.25, -0.2) is 13.4 Å². The largest absolute Gasteiger partial charge is 0.384 e. The average Bonchev–Trinajstić information content (AvgIpc) is 2.75. The molecule has 0 bridgehead atoms. The number of pyridine rings is 1. The van der Waals surface area contributed by atoms with E-state index < -0.39 is 20.6 Å². The van der Waals surface area contributed by atoms with Crippen LogP contribution >= 0.6 is 22.9 Å². The lowest BCUT2D eigenvalue weighted by atomic mass is 10.4. The van der Waals surface area contributed by atoms with Gasteiger partial charge < -0.3 is 5.73 Å². The van der Waals surface area contributed by atoms with E-state index in [4.69, 9.17) is 17.3 Å². The number of nitrogens with one attached hydrogen (secondary N) is 1. The number of nitrogens with two attached hydrogens (primary N) is 1. The molecule has 0 spiro atoms. The van der Waals surface area contributed by atoms with Crippen molar-refractivity contribution in [2.75, 3.05) is 10.5 Å². The molecule has 0 radical (unpaired) electrons. The first-order chi connectivity index (χ1) is 9.29. The van der Waals surface area contributed by atoms with Crippen molar-refractivity contribution >= 4 is 50.2 Å². The molecule has 0 aliphatic carbocycles. The van der Waals surface area contributed by atoms with E-state index in [0.717, 1.165) is 6.07 Å². The zero-order chi connectivity index (χ0) is 14.9. The van der Waals surface area contributed by atoms with Crippen molar-refractivity contribution in [2.24, 2.45) is 0 Å². The first-order valence-electron chi connectivity index (χ1n) is 4.97. The van der Waals surface area contributed by atoms with E-state index in [-0.39, 0.29) is 20.1 Å². The highest BCUT2D eigenvalue weighted by Crippen LogP contribution is 2.36. The highest BCUT2D eigenvalue weighted by Gasteiger charge is 2.25. The van der Waals surface area contributed by atoms with E-state index in [1.165, 1.54) is 18.3 Å². The summed E-state index contributed by atoms with van der Waals surface area (Å²) in [7, 11) is -3.96. The van der Waals surface area contributed by atoms with Crippen LogP contribution in [0.15, 0.2) is 28.6 Å². The second-order valence-corrected chi connectivity index (χ2v) is 7.12. The van der Waals surface area contributed by atoms with E-state index >= 15 is 0 Å². The van der Waals surface area contributed by atoms with Crippen LogP contribution in [0.4, 0.5) is 17.2 Å². The zero-order valence-corrected chi connectivity index (χ0v) is 12.0. The molecule has 2 aromatic rings. The van der Waals surface area contributed by atoms with Crippen LogP contribution in [0.1, 0.15) is 0 Å². The first-order valence-corrected chi connectivity index (χ1v) is 7.65. The van der Waals surface area contributed by atoms with Gasteiger partial charge in [0.15, 0.2) is 4.34 Å². The van der Waals surface area contributed by atoms with Crippen LogP contribution in [0.25, 0.3) is 0 Å². The number of aromatic nitrogens is 1. The number of nitrogen functional groups attached to an aromatic ring is 1. The molecule has 0 saturated heterocycles. The van der Waals surface area contributed by atoms with Gasteiger partial charge in [-0.1, -0.05) is 11.6 Å². The van der Waals surface area contributed by atoms with Crippen LogP contribution in [0.5, 0.6) is 0 Å². The van der Waals surface area contributed by atoms with Gasteiger partial charge >= 0.3 is 0 Å². The molecule has 0 atom stereocenters. The summed E-state index contributed by atoms with van der Waals surface area (Å²) in [5.41, 5.74) is 5.11. The highest BCUT2D eigenvalue weighted by atomic mass is 35.5. The Bertz CT molecular complexity index is 757. The summed E-state index contributed by atoms with van der Waals surface area (Å²) in [4.78, 5) is 13.6. The summed E-state index contributed by atoms with van der Waals surface area (Å²) in [6, 6.07) is 3.74. The number of thiophene rings is 1. The fourth-order valence-electron chi connectivity index (χ4n) is 1.27. The predicted molar refractivity (Wildman–Crippen MR) is 75.4 cm³/mol. The fraction of sp³-hybridized carbons (Fsp3) is 0. The Kier molecular flexibility index (Phi) is 3.79. The van der Waals surface area contributed by atoms with Crippen LogP contribution in [-0.4, -0.2) is 18.3 Å². The molecule has 8 nitrogen and oxygen atoms in total. The lowest BCUT2D eigenvalue weighted by molar-refractivity contribution is -0.384. The summed E-state index contributed by atoms with van der Waals surface area (Å²) in [5.74, 6) is 0.239. The van der Waals surface area contributed by atoms with Crippen LogP contribution in [0.3, 0.4) is 0 Å². The van der Waals surface area contributed by atoms with E-state index in [2.05, 4.69) is 9.71 Å². The second-order valence-electron chi connectivity index (χ2n) is 3.56. The number of sulfonamides is 1. The molecule has 11 heteroatoms. The lowest BCUT2D eigenvalue weighted by Gasteiger charge is -2.05. The molecular formula is C9H7ClN4O4S2. The van der Waals surface area contributed by atoms with Crippen molar-refractivity contribution in [1.82, 2.24) is 4.98 Å². The van der Waals surface area contributed by atoms with Crippen LogP contribution in [0.2, 0.25) is 4.34 Å². The summed E-state index contributed by atoms with van der Waals surface area (Å²) in [6.45, 7) is 0. The minimum absolute atomic E-state index is 0.186. The van der Waals surface area contributed by atoms with E-state index in [1.54, 1.807) is 0 Å². The van der Waals surface area contributed by atoms with Gasteiger partial charge in [0.05, 0.1) is 16.8 Å². The maximum absolute atomic E-state index is 12.0. The molecule has 0 fully saturated rings. The van der Waals surface area contributed by atoms with Crippen LogP contribution in [0, 0.1) is 10.1 Å². The SMILES string of the molecule is Nc1ccc(NS(=O)(=O)c2cc([N+](=O)[O-])c(Cl)s2)cn1. The van der Waals surface area contributed by atoms with E-state index in [0.29, 0.717) is 11.3 Å². The number of hydrogen-bond donors (Lipinski definition) is 2. The Balaban J connectivity index is 2.33. The standard InChI is InChI=1S/C9H7ClN4O4S2/c10-9-6(14(15)16)3-8(19-9)20(17,18)13-5-1-2-7(11)12-4-5/h1-4,13H,(H2,11,12). The molecule has 106 valence electrons. The highest BCUT2D eigenvalue weighted by molar-refractivity contribution is 7.94. The van der Waals surface area contributed by atoms with Crippen molar-refractivity contribution in [3.05, 3.63) is 38.8 Å². The van der Waals surface area contributed by atoms with Gasteiger partial charge in [0, 0.05) is 6.07 Å². The molecule has 0 aliphatic heterocycles. The van der Waals surface area contributed by atoms with Crippen molar-refractivity contribution in [2.45, 2.75) is 4.21 Å². The van der Waals surface area contributed by atoms with Gasteiger partial charge in [0.1, 0.15) is 10.0 Å². The molecule has 2 rings (SSSR count). The molecule has 20 heavy (non-hydrogen) atoms. The monoisotopic (exact) mass is 334 g/mol. The number of rotatable bonds is 4. The maximum atomic E-state index is 12.0. The van der Waals surface area contributed by atoms with E-state index in [9.17, 15) is 18.5 Å². The molecule has 0 amide bonds. The number of halogens is 1.